The lowest BCUT2D eigenvalue weighted by atomic mass is 10.0. The van der Waals surface area contributed by atoms with Gasteiger partial charge in [-0.05, 0) is 31.5 Å². The molecule has 1 aliphatic rings. The lowest BCUT2D eigenvalue weighted by molar-refractivity contribution is -0.00834. The van der Waals surface area contributed by atoms with Crippen molar-refractivity contribution in [3.63, 3.8) is 0 Å². The first-order valence-electron chi connectivity index (χ1n) is 9.51. The van der Waals surface area contributed by atoms with Crippen LogP contribution in [0.4, 0.5) is 0 Å². The van der Waals surface area contributed by atoms with Gasteiger partial charge in [0.15, 0.2) is 17.5 Å². The van der Waals surface area contributed by atoms with Gasteiger partial charge >= 0.3 is 0 Å². The number of guanidine groups is 1. The molecule has 8 heteroatoms. The van der Waals surface area contributed by atoms with E-state index in [1.54, 1.807) is 28.4 Å². The molecule has 1 fully saturated rings. The van der Waals surface area contributed by atoms with Crippen LogP contribution in [0.25, 0.3) is 0 Å². The topological polar surface area (TPSA) is 76.6 Å². The van der Waals surface area contributed by atoms with E-state index in [2.05, 4.69) is 34.4 Å². The van der Waals surface area contributed by atoms with Crippen LogP contribution in [0.5, 0.6) is 17.2 Å². The number of morpholine rings is 1. The summed E-state index contributed by atoms with van der Waals surface area (Å²) >= 11 is 0. The minimum atomic E-state index is 0.00789. The molecule has 0 aromatic heterocycles. The van der Waals surface area contributed by atoms with E-state index in [0.29, 0.717) is 23.8 Å². The molecule has 0 radical (unpaired) electrons. The third kappa shape index (κ3) is 5.65. The summed E-state index contributed by atoms with van der Waals surface area (Å²) < 4.78 is 21.7. The largest absolute Gasteiger partial charge is 0.493 e. The minimum Gasteiger partial charge on any atom is -0.493 e. The molecule has 0 atom stereocenters. The smallest absolute Gasteiger partial charge is 0.203 e. The highest BCUT2D eigenvalue weighted by Gasteiger charge is 2.28. The van der Waals surface area contributed by atoms with Gasteiger partial charge in [-0.15, -0.1) is 0 Å². The summed E-state index contributed by atoms with van der Waals surface area (Å²) in [4.78, 5) is 6.77. The number of benzene rings is 1. The van der Waals surface area contributed by atoms with Crippen LogP contribution in [0.2, 0.25) is 0 Å². The first kappa shape index (κ1) is 22.1. The van der Waals surface area contributed by atoms with E-state index >= 15 is 0 Å². The lowest BCUT2D eigenvalue weighted by Crippen LogP contribution is -2.56. The van der Waals surface area contributed by atoms with Gasteiger partial charge in [0.2, 0.25) is 5.75 Å². The Morgan fingerprint density at radius 2 is 1.68 bits per heavy atom. The van der Waals surface area contributed by atoms with Gasteiger partial charge in [-0.3, -0.25) is 9.89 Å². The minimum absolute atomic E-state index is 0.00789. The maximum Gasteiger partial charge on any atom is 0.203 e. The maximum absolute atomic E-state index is 5.46. The number of nitrogens with zero attached hydrogens (tertiary/aromatic N) is 2. The summed E-state index contributed by atoms with van der Waals surface area (Å²) in [6.45, 7) is 9.30. The highest BCUT2D eigenvalue weighted by molar-refractivity contribution is 5.79. The fourth-order valence-corrected chi connectivity index (χ4v) is 3.22. The normalized spacial score (nSPS) is 15.9. The van der Waals surface area contributed by atoms with Gasteiger partial charge in [0.1, 0.15) is 0 Å². The quantitative estimate of drug-likeness (QED) is 0.511. The van der Waals surface area contributed by atoms with E-state index < -0.39 is 0 Å². The Balaban J connectivity index is 1.96. The van der Waals surface area contributed by atoms with Crippen LogP contribution in [0, 0.1) is 0 Å². The van der Waals surface area contributed by atoms with Crippen molar-refractivity contribution in [2.75, 3.05) is 61.2 Å². The molecule has 1 heterocycles. The molecule has 8 nitrogen and oxygen atoms in total. The number of rotatable bonds is 8. The van der Waals surface area contributed by atoms with E-state index in [9.17, 15) is 0 Å². The van der Waals surface area contributed by atoms with Gasteiger partial charge in [-0.2, -0.15) is 0 Å². The Morgan fingerprint density at radius 1 is 1.07 bits per heavy atom. The molecule has 0 aliphatic carbocycles. The zero-order valence-corrected chi connectivity index (χ0v) is 17.9. The van der Waals surface area contributed by atoms with Crippen molar-refractivity contribution in [3.05, 3.63) is 17.7 Å². The molecule has 0 spiro atoms. The summed E-state index contributed by atoms with van der Waals surface area (Å²) in [7, 11) is 6.60. The predicted octanol–water partition coefficient (Wildman–Crippen LogP) is 1.49. The third-order valence-electron chi connectivity index (χ3n) is 4.96. The second-order valence-corrected chi connectivity index (χ2v) is 7.22. The second kappa shape index (κ2) is 10.4. The van der Waals surface area contributed by atoms with Crippen molar-refractivity contribution in [2.45, 2.75) is 25.9 Å². The molecule has 0 bridgehead atoms. The fourth-order valence-electron chi connectivity index (χ4n) is 3.22. The van der Waals surface area contributed by atoms with Crippen LogP contribution in [0.3, 0.4) is 0 Å². The van der Waals surface area contributed by atoms with E-state index in [-0.39, 0.29) is 5.54 Å². The fraction of sp³-hybridized carbons (Fsp3) is 0.650. The second-order valence-electron chi connectivity index (χ2n) is 7.22. The van der Waals surface area contributed by atoms with Gasteiger partial charge < -0.3 is 29.6 Å². The van der Waals surface area contributed by atoms with Gasteiger partial charge in [-0.25, -0.2) is 0 Å². The van der Waals surface area contributed by atoms with Crippen molar-refractivity contribution >= 4 is 5.96 Å². The average molecular weight is 395 g/mol. The molecule has 158 valence electrons. The van der Waals surface area contributed by atoms with E-state index in [0.717, 1.165) is 44.4 Å². The SMILES string of the molecule is CN=C(NCc1cc(OC)c(OC)c(OC)c1)NCC(C)(C)N1CCOCC1. The molecule has 28 heavy (non-hydrogen) atoms. The molecular weight excluding hydrogens is 360 g/mol. The van der Waals surface area contributed by atoms with Crippen LogP contribution in [0.1, 0.15) is 19.4 Å². The van der Waals surface area contributed by atoms with Crippen molar-refractivity contribution < 1.29 is 18.9 Å². The highest BCUT2D eigenvalue weighted by atomic mass is 16.5. The van der Waals surface area contributed by atoms with Crippen molar-refractivity contribution in [3.8, 4) is 17.2 Å². The van der Waals surface area contributed by atoms with E-state index in [1.165, 1.54) is 0 Å². The Kier molecular flexibility index (Phi) is 8.19. The van der Waals surface area contributed by atoms with Gasteiger partial charge in [0, 0.05) is 38.8 Å². The average Bonchev–Trinajstić information content (AvgIpc) is 2.73. The summed E-state index contributed by atoms with van der Waals surface area (Å²) in [5, 5.41) is 6.77. The summed E-state index contributed by atoms with van der Waals surface area (Å²) in [6.07, 6.45) is 0. The van der Waals surface area contributed by atoms with E-state index in [1.807, 2.05) is 12.1 Å². The van der Waals surface area contributed by atoms with Crippen LogP contribution >= 0.6 is 0 Å². The summed E-state index contributed by atoms with van der Waals surface area (Å²) in [5.74, 6) is 2.60. The maximum atomic E-state index is 5.46. The summed E-state index contributed by atoms with van der Waals surface area (Å²) in [6, 6.07) is 3.86. The van der Waals surface area contributed by atoms with Crippen LogP contribution in [-0.2, 0) is 11.3 Å². The summed E-state index contributed by atoms with van der Waals surface area (Å²) in [5.41, 5.74) is 1.01. The monoisotopic (exact) mass is 394 g/mol. The number of nitrogens with one attached hydrogen (secondary N) is 2. The highest BCUT2D eigenvalue weighted by Crippen LogP contribution is 2.38. The molecule has 2 N–H and O–H groups in total. The zero-order valence-electron chi connectivity index (χ0n) is 17.9. The Hall–Kier alpha value is -2.19. The Labute approximate surface area is 168 Å². The first-order valence-corrected chi connectivity index (χ1v) is 9.51. The van der Waals surface area contributed by atoms with Gasteiger partial charge in [0.25, 0.3) is 0 Å². The molecular formula is C20H34N4O4. The molecule has 1 aromatic carbocycles. The predicted molar refractivity (Wildman–Crippen MR) is 111 cm³/mol. The first-order chi connectivity index (χ1) is 13.4. The van der Waals surface area contributed by atoms with Crippen molar-refractivity contribution in [1.29, 1.82) is 0 Å². The Bertz CT molecular complexity index is 633. The number of aliphatic imine (C=N–C) groups is 1. The van der Waals surface area contributed by atoms with Gasteiger partial charge in [-0.1, -0.05) is 0 Å². The number of hydrogen-bond donors (Lipinski definition) is 2. The third-order valence-corrected chi connectivity index (χ3v) is 4.96. The molecule has 2 rings (SSSR count). The van der Waals surface area contributed by atoms with Crippen LogP contribution in [-0.4, -0.2) is 77.6 Å². The van der Waals surface area contributed by atoms with E-state index in [4.69, 9.17) is 18.9 Å². The van der Waals surface area contributed by atoms with Gasteiger partial charge in [0.05, 0.1) is 34.5 Å². The Morgan fingerprint density at radius 3 is 2.18 bits per heavy atom. The molecule has 0 saturated carbocycles. The molecule has 1 aliphatic heterocycles. The molecule has 0 amide bonds. The van der Waals surface area contributed by atoms with Crippen LogP contribution in [0.15, 0.2) is 17.1 Å². The van der Waals surface area contributed by atoms with Crippen molar-refractivity contribution in [1.82, 2.24) is 15.5 Å². The molecule has 0 unspecified atom stereocenters. The van der Waals surface area contributed by atoms with Crippen LogP contribution < -0.4 is 24.8 Å². The molecule has 1 saturated heterocycles. The standard InChI is InChI=1S/C20H34N4O4/c1-20(2,24-7-9-28-10-8-24)14-23-19(21-3)22-13-15-11-16(25-4)18(27-6)17(12-15)26-5/h11-12H,7-10,13-14H2,1-6H3,(H2,21,22,23). The number of methoxy groups -OCH3 is 3. The number of hydrogen-bond acceptors (Lipinski definition) is 6. The zero-order chi connectivity index (χ0) is 20.6. The molecule has 1 aromatic rings. The number of ether oxygens (including phenoxy) is 4. The van der Waals surface area contributed by atoms with Crippen molar-refractivity contribution in [2.24, 2.45) is 4.99 Å². The lowest BCUT2D eigenvalue weighted by Gasteiger charge is -2.41.